The van der Waals surface area contributed by atoms with Crippen LogP contribution in [0.15, 0.2) is 0 Å². The van der Waals surface area contributed by atoms with E-state index in [1.165, 1.54) is 0 Å². The second kappa shape index (κ2) is 8.33. The van der Waals surface area contributed by atoms with E-state index in [0.29, 0.717) is 13.1 Å². The highest BCUT2D eigenvalue weighted by Gasteiger charge is 2.22. The fourth-order valence-corrected chi connectivity index (χ4v) is 1.85. The number of hydrogen-bond donors (Lipinski definition) is 5. The lowest BCUT2D eigenvalue weighted by atomic mass is 10.2. The molecule has 0 aliphatic carbocycles. The molecular weight excluding hydrogens is 268 g/mol. The first-order valence-corrected chi connectivity index (χ1v) is 6.41. The number of carbonyl (C=O) groups is 3. The van der Waals surface area contributed by atoms with Gasteiger partial charge in [-0.15, -0.1) is 0 Å². The third-order valence-electron chi connectivity index (χ3n) is 2.91. The number of carboxylic acid groups (broad SMARTS) is 2. The van der Waals surface area contributed by atoms with Gasteiger partial charge in [-0.1, -0.05) is 0 Å². The largest absolute Gasteiger partial charge is 0.481 e. The topological polar surface area (TPSA) is 131 Å². The van der Waals surface area contributed by atoms with E-state index in [-0.39, 0.29) is 0 Å². The number of carbonyl (C=O) groups excluding carboxylic acids is 1. The van der Waals surface area contributed by atoms with Crippen LogP contribution in [0.2, 0.25) is 0 Å². The number of urea groups is 1. The molecule has 2 amide bonds. The number of nitrogens with zero attached hydrogens (tertiary/aromatic N) is 1. The predicted octanol–water partition coefficient (Wildman–Crippen LogP) is -1.88. The normalized spacial score (nSPS) is 17.2. The van der Waals surface area contributed by atoms with Gasteiger partial charge in [0.05, 0.1) is 6.42 Å². The van der Waals surface area contributed by atoms with E-state index in [1.54, 1.807) is 0 Å². The lowest BCUT2D eigenvalue weighted by Gasteiger charge is -2.27. The van der Waals surface area contributed by atoms with Gasteiger partial charge in [0.2, 0.25) is 0 Å². The Labute approximate surface area is 116 Å². The lowest BCUT2D eigenvalue weighted by Crippen LogP contribution is -2.50. The van der Waals surface area contributed by atoms with Crippen LogP contribution < -0.4 is 16.0 Å². The van der Waals surface area contributed by atoms with Crippen LogP contribution in [0.5, 0.6) is 0 Å². The van der Waals surface area contributed by atoms with Gasteiger partial charge in [-0.05, 0) is 0 Å². The molecule has 0 aromatic heterocycles. The van der Waals surface area contributed by atoms with Crippen molar-refractivity contribution in [3.63, 3.8) is 0 Å². The molecule has 9 heteroatoms. The van der Waals surface area contributed by atoms with Gasteiger partial charge in [-0.3, -0.25) is 9.69 Å². The van der Waals surface area contributed by atoms with Gasteiger partial charge in [-0.2, -0.15) is 0 Å². The maximum Gasteiger partial charge on any atom is 0.326 e. The number of nitrogens with one attached hydrogen (secondary N) is 3. The fraction of sp³-hybridized carbons (Fsp3) is 0.727. The molecule has 0 bridgehead atoms. The summed E-state index contributed by atoms with van der Waals surface area (Å²) in [4.78, 5) is 34.9. The predicted molar refractivity (Wildman–Crippen MR) is 69.5 cm³/mol. The number of hydrogen-bond acceptors (Lipinski definition) is 5. The van der Waals surface area contributed by atoms with Crippen LogP contribution in [0, 0.1) is 0 Å². The second-order valence-corrected chi connectivity index (χ2v) is 4.48. The van der Waals surface area contributed by atoms with Crippen molar-refractivity contribution in [2.45, 2.75) is 12.5 Å². The summed E-state index contributed by atoms with van der Waals surface area (Å²) in [7, 11) is 0. The molecule has 0 spiro atoms. The molecule has 0 aromatic rings. The molecule has 1 aliphatic heterocycles. The Morgan fingerprint density at radius 1 is 1.20 bits per heavy atom. The molecule has 1 rings (SSSR count). The van der Waals surface area contributed by atoms with Crippen LogP contribution in [0.4, 0.5) is 4.79 Å². The summed E-state index contributed by atoms with van der Waals surface area (Å²) in [6, 6.07) is -2.10. The molecule has 114 valence electrons. The van der Waals surface area contributed by atoms with Gasteiger partial charge in [-0.25, -0.2) is 9.59 Å². The average Bonchev–Trinajstić information content (AvgIpc) is 2.38. The molecule has 0 aromatic carbocycles. The first-order valence-electron chi connectivity index (χ1n) is 6.41. The molecular formula is C11H20N4O5. The van der Waals surface area contributed by atoms with E-state index in [1.807, 2.05) is 0 Å². The van der Waals surface area contributed by atoms with Crippen molar-refractivity contribution in [1.29, 1.82) is 0 Å². The van der Waals surface area contributed by atoms with Crippen molar-refractivity contribution in [2.75, 3.05) is 39.3 Å². The van der Waals surface area contributed by atoms with E-state index in [2.05, 4.69) is 20.9 Å². The molecule has 20 heavy (non-hydrogen) atoms. The Hall–Kier alpha value is -1.87. The van der Waals surface area contributed by atoms with Crippen LogP contribution in [0.25, 0.3) is 0 Å². The number of aliphatic carboxylic acids is 2. The standard InChI is InChI=1S/C11H20N4O5/c16-9(17)7-8(10(18)19)14-11(20)13-3-6-15-4-1-12-2-5-15/h8,12H,1-7H2,(H,16,17)(H,18,19)(H2,13,14,20)/t8-/m0/s1. The zero-order valence-corrected chi connectivity index (χ0v) is 11.1. The van der Waals surface area contributed by atoms with Crippen molar-refractivity contribution >= 4 is 18.0 Å². The van der Waals surface area contributed by atoms with Gasteiger partial charge >= 0.3 is 18.0 Å². The highest BCUT2D eigenvalue weighted by atomic mass is 16.4. The van der Waals surface area contributed by atoms with Crippen LogP contribution in [0.3, 0.4) is 0 Å². The van der Waals surface area contributed by atoms with E-state index in [9.17, 15) is 14.4 Å². The van der Waals surface area contributed by atoms with Gasteiger partial charge in [0.25, 0.3) is 0 Å². The minimum atomic E-state index is -1.42. The Bertz CT molecular complexity index is 357. The third-order valence-corrected chi connectivity index (χ3v) is 2.91. The van der Waals surface area contributed by atoms with Crippen LogP contribution >= 0.6 is 0 Å². The summed E-state index contributed by atoms with van der Waals surface area (Å²) in [5, 5.41) is 25.2. The smallest absolute Gasteiger partial charge is 0.326 e. The van der Waals surface area contributed by atoms with Crippen molar-refractivity contribution in [3.05, 3.63) is 0 Å². The summed E-state index contributed by atoms with van der Waals surface area (Å²) in [5.41, 5.74) is 0. The molecule has 1 atom stereocenters. The zero-order chi connectivity index (χ0) is 15.0. The van der Waals surface area contributed by atoms with E-state index in [4.69, 9.17) is 10.2 Å². The van der Waals surface area contributed by atoms with E-state index < -0.39 is 30.4 Å². The maximum absolute atomic E-state index is 11.5. The average molecular weight is 288 g/mol. The number of amides is 2. The highest BCUT2D eigenvalue weighted by Crippen LogP contribution is 1.93. The Kier molecular flexibility index (Phi) is 6.74. The molecule has 5 N–H and O–H groups in total. The molecule has 9 nitrogen and oxygen atoms in total. The quantitative estimate of drug-likeness (QED) is 0.370. The van der Waals surface area contributed by atoms with Crippen molar-refractivity contribution in [3.8, 4) is 0 Å². The van der Waals surface area contributed by atoms with E-state index >= 15 is 0 Å². The summed E-state index contributed by atoms with van der Waals surface area (Å²) in [6.07, 6.45) is -0.652. The summed E-state index contributed by atoms with van der Waals surface area (Å²) in [6.45, 7) is 4.68. The number of piperazine rings is 1. The van der Waals surface area contributed by atoms with Gasteiger partial charge in [0.1, 0.15) is 6.04 Å². The molecule has 0 saturated carbocycles. The van der Waals surface area contributed by atoms with Crippen molar-refractivity contribution in [1.82, 2.24) is 20.9 Å². The molecule has 1 saturated heterocycles. The third kappa shape index (κ3) is 6.34. The molecule has 0 radical (unpaired) electrons. The summed E-state index contributed by atoms with van der Waals surface area (Å²) < 4.78 is 0. The van der Waals surface area contributed by atoms with Crippen LogP contribution in [-0.2, 0) is 9.59 Å². The Morgan fingerprint density at radius 2 is 1.85 bits per heavy atom. The van der Waals surface area contributed by atoms with Crippen molar-refractivity contribution < 1.29 is 24.6 Å². The number of rotatable bonds is 7. The molecule has 1 aliphatic rings. The second-order valence-electron chi connectivity index (χ2n) is 4.48. The minimum absolute atomic E-state index is 0.380. The monoisotopic (exact) mass is 288 g/mol. The molecule has 0 unspecified atom stereocenters. The number of carboxylic acids is 2. The summed E-state index contributed by atoms with van der Waals surface area (Å²) in [5.74, 6) is -2.65. The maximum atomic E-state index is 11.5. The van der Waals surface area contributed by atoms with Gasteiger partial charge in [0, 0.05) is 39.3 Å². The fourth-order valence-electron chi connectivity index (χ4n) is 1.85. The zero-order valence-electron chi connectivity index (χ0n) is 11.1. The minimum Gasteiger partial charge on any atom is -0.481 e. The SMILES string of the molecule is O=C(O)C[C@H](NC(=O)NCCN1CCNCC1)C(=O)O. The van der Waals surface area contributed by atoms with Crippen molar-refractivity contribution in [2.24, 2.45) is 0 Å². The Morgan fingerprint density at radius 3 is 2.40 bits per heavy atom. The first kappa shape index (κ1) is 16.2. The van der Waals surface area contributed by atoms with Gasteiger partial charge in [0.15, 0.2) is 0 Å². The summed E-state index contributed by atoms with van der Waals surface area (Å²) >= 11 is 0. The van der Waals surface area contributed by atoms with Gasteiger partial charge < -0.3 is 26.2 Å². The first-order chi connectivity index (χ1) is 9.49. The molecule has 1 fully saturated rings. The highest BCUT2D eigenvalue weighted by molar-refractivity contribution is 5.86. The van der Waals surface area contributed by atoms with E-state index in [0.717, 1.165) is 26.2 Å². The van der Waals surface area contributed by atoms with Crippen LogP contribution in [0.1, 0.15) is 6.42 Å². The Balaban J connectivity index is 2.23. The lowest BCUT2D eigenvalue weighted by molar-refractivity contribution is -0.145. The van der Waals surface area contributed by atoms with Crippen LogP contribution in [-0.4, -0.2) is 78.4 Å². The molecule has 1 heterocycles.